The van der Waals surface area contributed by atoms with E-state index in [2.05, 4.69) is 25.2 Å². The van der Waals surface area contributed by atoms with Crippen molar-refractivity contribution in [1.82, 2.24) is 5.32 Å². The molecule has 1 N–H and O–H groups in total. The van der Waals surface area contributed by atoms with Crippen molar-refractivity contribution in [1.29, 1.82) is 5.26 Å². The van der Waals surface area contributed by atoms with Crippen LogP contribution in [-0.2, 0) is 0 Å². The predicted molar refractivity (Wildman–Crippen MR) is 54.3 cm³/mol. The molecule has 13 heavy (non-hydrogen) atoms. The summed E-state index contributed by atoms with van der Waals surface area (Å²) in [5.74, 6) is 0.759. The van der Waals surface area contributed by atoms with E-state index in [0.29, 0.717) is 6.54 Å². The Balaban J connectivity index is 2.42. The molecule has 1 saturated carbocycles. The summed E-state index contributed by atoms with van der Waals surface area (Å²) in [7, 11) is 0. The van der Waals surface area contributed by atoms with Gasteiger partial charge in [0, 0.05) is 5.54 Å². The zero-order valence-electron chi connectivity index (χ0n) is 8.77. The highest BCUT2D eigenvalue weighted by Crippen LogP contribution is 2.32. The van der Waals surface area contributed by atoms with Crippen LogP contribution in [0.5, 0.6) is 0 Å². The highest BCUT2D eigenvalue weighted by Gasteiger charge is 2.29. The quantitative estimate of drug-likeness (QED) is 0.677. The third-order valence-electron chi connectivity index (χ3n) is 3.25. The molecule has 2 heteroatoms. The molecule has 0 heterocycles. The molecule has 1 rings (SSSR count). The van der Waals surface area contributed by atoms with E-state index in [4.69, 9.17) is 5.26 Å². The fraction of sp³-hybridized carbons (Fsp3) is 0.909. The van der Waals surface area contributed by atoms with Crippen molar-refractivity contribution < 1.29 is 0 Å². The Hall–Kier alpha value is -0.550. The molecular formula is C11H20N2. The Morgan fingerprint density at radius 1 is 1.31 bits per heavy atom. The molecule has 0 bridgehead atoms. The molecular weight excluding hydrogens is 160 g/mol. The second-order valence-corrected chi connectivity index (χ2v) is 4.57. The maximum absolute atomic E-state index is 8.52. The maximum atomic E-state index is 8.52. The third kappa shape index (κ3) is 3.00. The van der Waals surface area contributed by atoms with E-state index in [-0.39, 0.29) is 5.54 Å². The minimum Gasteiger partial charge on any atom is -0.299 e. The molecule has 1 fully saturated rings. The summed E-state index contributed by atoms with van der Waals surface area (Å²) >= 11 is 0. The van der Waals surface area contributed by atoms with E-state index in [9.17, 15) is 0 Å². The van der Waals surface area contributed by atoms with Gasteiger partial charge < -0.3 is 0 Å². The Kier molecular flexibility index (Phi) is 3.74. The summed E-state index contributed by atoms with van der Waals surface area (Å²) in [5, 5.41) is 11.8. The van der Waals surface area contributed by atoms with E-state index in [1.54, 1.807) is 0 Å². The van der Waals surface area contributed by atoms with Crippen LogP contribution in [0.15, 0.2) is 0 Å². The van der Waals surface area contributed by atoms with Crippen LogP contribution in [-0.4, -0.2) is 12.1 Å². The van der Waals surface area contributed by atoms with Crippen molar-refractivity contribution in [3.63, 3.8) is 0 Å². The second kappa shape index (κ2) is 4.62. The van der Waals surface area contributed by atoms with Crippen molar-refractivity contribution in [2.45, 2.75) is 51.5 Å². The van der Waals surface area contributed by atoms with Crippen molar-refractivity contribution in [2.24, 2.45) is 5.92 Å². The molecule has 0 aromatic heterocycles. The molecule has 0 unspecified atom stereocenters. The van der Waals surface area contributed by atoms with Crippen molar-refractivity contribution in [3.8, 4) is 6.07 Å². The first kappa shape index (κ1) is 10.5. The lowest BCUT2D eigenvalue weighted by Gasteiger charge is -2.37. The molecule has 1 aliphatic carbocycles. The molecule has 1 aliphatic rings. The van der Waals surface area contributed by atoms with Gasteiger partial charge in [-0.3, -0.25) is 5.32 Å². The average Bonchev–Trinajstić information content (AvgIpc) is 2.16. The molecule has 74 valence electrons. The molecule has 0 atom stereocenters. The first-order chi connectivity index (χ1) is 6.17. The summed E-state index contributed by atoms with van der Waals surface area (Å²) in [6.07, 6.45) is 6.77. The first-order valence-electron chi connectivity index (χ1n) is 5.29. The molecule has 0 aliphatic heterocycles. The van der Waals surface area contributed by atoms with Crippen LogP contribution in [0, 0.1) is 17.2 Å². The summed E-state index contributed by atoms with van der Waals surface area (Å²) in [6, 6.07) is 2.15. The molecule has 0 amide bonds. The molecule has 0 saturated heterocycles. The van der Waals surface area contributed by atoms with Gasteiger partial charge in [-0.05, 0) is 32.6 Å². The number of nitrogens with one attached hydrogen (secondary N) is 1. The summed E-state index contributed by atoms with van der Waals surface area (Å²) in [5.41, 5.74) is 0.149. The van der Waals surface area contributed by atoms with Crippen molar-refractivity contribution in [2.75, 3.05) is 6.54 Å². The topological polar surface area (TPSA) is 35.8 Å². The highest BCUT2D eigenvalue weighted by molar-refractivity contribution is 4.90. The van der Waals surface area contributed by atoms with E-state index in [0.717, 1.165) is 5.92 Å². The van der Waals surface area contributed by atoms with Crippen molar-refractivity contribution >= 4 is 0 Å². The lowest BCUT2D eigenvalue weighted by atomic mass is 9.77. The normalized spacial score (nSPS) is 19.8. The lowest BCUT2D eigenvalue weighted by molar-refractivity contribution is 0.201. The molecule has 0 radical (unpaired) electrons. The monoisotopic (exact) mass is 180 g/mol. The van der Waals surface area contributed by atoms with Crippen LogP contribution in [0.1, 0.15) is 46.0 Å². The predicted octanol–water partition coefficient (Wildman–Crippen LogP) is 2.46. The summed E-state index contributed by atoms with van der Waals surface area (Å²) in [4.78, 5) is 0. The Morgan fingerprint density at radius 2 is 1.92 bits per heavy atom. The van der Waals surface area contributed by atoms with Crippen LogP contribution >= 0.6 is 0 Å². The number of hydrogen-bond acceptors (Lipinski definition) is 2. The van der Waals surface area contributed by atoms with Gasteiger partial charge in [-0.15, -0.1) is 0 Å². The Bertz CT molecular complexity index is 185. The van der Waals surface area contributed by atoms with Gasteiger partial charge in [0.25, 0.3) is 0 Å². The zero-order chi connectivity index (χ0) is 9.73. The van der Waals surface area contributed by atoms with Crippen LogP contribution in [0.4, 0.5) is 0 Å². The average molecular weight is 180 g/mol. The highest BCUT2D eigenvalue weighted by atomic mass is 15.0. The van der Waals surface area contributed by atoms with E-state index < -0.39 is 0 Å². The van der Waals surface area contributed by atoms with Crippen LogP contribution in [0.3, 0.4) is 0 Å². The van der Waals surface area contributed by atoms with Gasteiger partial charge in [-0.1, -0.05) is 19.3 Å². The lowest BCUT2D eigenvalue weighted by Crippen LogP contribution is -2.46. The number of hydrogen-bond donors (Lipinski definition) is 1. The van der Waals surface area contributed by atoms with Gasteiger partial charge in [0.15, 0.2) is 0 Å². The van der Waals surface area contributed by atoms with Crippen LogP contribution in [0.2, 0.25) is 0 Å². The van der Waals surface area contributed by atoms with Crippen molar-refractivity contribution in [3.05, 3.63) is 0 Å². The van der Waals surface area contributed by atoms with Gasteiger partial charge in [0.1, 0.15) is 0 Å². The Labute approximate surface area is 81.3 Å². The van der Waals surface area contributed by atoms with E-state index in [1.807, 2.05) is 0 Å². The largest absolute Gasteiger partial charge is 0.299 e. The van der Waals surface area contributed by atoms with Crippen LogP contribution in [0.25, 0.3) is 0 Å². The fourth-order valence-corrected chi connectivity index (χ4v) is 2.24. The van der Waals surface area contributed by atoms with Crippen LogP contribution < -0.4 is 5.32 Å². The van der Waals surface area contributed by atoms with Gasteiger partial charge >= 0.3 is 0 Å². The maximum Gasteiger partial charge on any atom is 0.0845 e. The summed E-state index contributed by atoms with van der Waals surface area (Å²) < 4.78 is 0. The minimum absolute atomic E-state index is 0.149. The zero-order valence-corrected chi connectivity index (χ0v) is 8.77. The molecule has 0 aromatic carbocycles. The second-order valence-electron chi connectivity index (χ2n) is 4.57. The Morgan fingerprint density at radius 3 is 2.46 bits per heavy atom. The minimum atomic E-state index is 0.149. The standard InChI is InChI=1S/C11H20N2/c1-11(2,13-9-8-12)10-6-4-3-5-7-10/h10,13H,3-7,9H2,1-2H3. The van der Waals surface area contributed by atoms with E-state index >= 15 is 0 Å². The van der Waals surface area contributed by atoms with Gasteiger partial charge in [0.2, 0.25) is 0 Å². The molecule has 2 nitrogen and oxygen atoms in total. The fourth-order valence-electron chi connectivity index (χ4n) is 2.24. The molecule has 0 aromatic rings. The first-order valence-corrected chi connectivity index (χ1v) is 5.29. The SMILES string of the molecule is CC(C)(NCC#N)C1CCCCC1. The van der Waals surface area contributed by atoms with Gasteiger partial charge in [0.05, 0.1) is 12.6 Å². The van der Waals surface area contributed by atoms with Gasteiger partial charge in [-0.2, -0.15) is 5.26 Å². The number of nitrogens with zero attached hydrogens (tertiary/aromatic N) is 1. The molecule has 0 spiro atoms. The number of rotatable bonds is 3. The van der Waals surface area contributed by atoms with E-state index in [1.165, 1.54) is 32.1 Å². The number of nitriles is 1. The third-order valence-corrected chi connectivity index (χ3v) is 3.25. The van der Waals surface area contributed by atoms with Gasteiger partial charge in [-0.25, -0.2) is 0 Å². The summed E-state index contributed by atoms with van der Waals surface area (Å²) in [6.45, 7) is 4.92. The smallest absolute Gasteiger partial charge is 0.0845 e.